The molecule has 0 aliphatic carbocycles. The quantitative estimate of drug-likeness (QED) is 0.473. The van der Waals surface area contributed by atoms with Crippen LogP contribution >= 0.6 is 11.6 Å². The summed E-state index contributed by atoms with van der Waals surface area (Å²) >= 11 is 6.01. The molecule has 0 atom stereocenters. The molecule has 3 aromatic rings. The molecular weight excluding hydrogens is 412 g/mol. The molecule has 0 spiro atoms. The molecule has 5 nitrogen and oxygen atoms in total. The molecule has 6 heteroatoms. The van der Waals surface area contributed by atoms with Crippen molar-refractivity contribution >= 4 is 23.3 Å². The second-order valence-corrected chi connectivity index (χ2v) is 7.72. The van der Waals surface area contributed by atoms with E-state index >= 15 is 0 Å². The standard InChI is InChI=1S/C25H27ClN2O3/c1-18-5-4-6-22(15-18)27-25(29)28(17-20-7-10-21(26)11-8-20)14-13-19-9-12-23(30-2)24(16-19)31-3/h4-12,15-16H,13-14,17H2,1-3H3,(H,27,29). The minimum Gasteiger partial charge on any atom is -0.493 e. The Kier molecular flexibility index (Phi) is 7.79. The van der Waals surface area contributed by atoms with Crippen LogP contribution in [0.1, 0.15) is 16.7 Å². The van der Waals surface area contributed by atoms with Gasteiger partial charge in [-0.15, -0.1) is 0 Å². The molecule has 0 aliphatic heterocycles. The van der Waals surface area contributed by atoms with Crippen LogP contribution in [0.15, 0.2) is 66.7 Å². The van der Waals surface area contributed by atoms with Crippen molar-refractivity contribution in [1.29, 1.82) is 0 Å². The number of rotatable bonds is 8. The van der Waals surface area contributed by atoms with E-state index in [0.717, 1.165) is 22.4 Å². The zero-order chi connectivity index (χ0) is 22.2. The van der Waals surface area contributed by atoms with Gasteiger partial charge in [0.25, 0.3) is 0 Å². The number of hydrogen-bond donors (Lipinski definition) is 1. The van der Waals surface area contributed by atoms with Crippen molar-refractivity contribution in [2.24, 2.45) is 0 Å². The third-order valence-electron chi connectivity index (χ3n) is 4.96. The lowest BCUT2D eigenvalue weighted by Gasteiger charge is -2.24. The van der Waals surface area contributed by atoms with Crippen LogP contribution in [-0.4, -0.2) is 31.7 Å². The summed E-state index contributed by atoms with van der Waals surface area (Å²) in [5.41, 5.74) is 3.93. The zero-order valence-corrected chi connectivity index (χ0v) is 18.8. The number of anilines is 1. The smallest absolute Gasteiger partial charge is 0.322 e. The van der Waals surface area contributed by atoms with E-state index < -0.39 is 0 Å². The van der Waals surface area contributed by atoms with E-state index in [-0.39, 0.29) is 6.03 Å². The number of hydrogen-bond acceptors (Lipinski definition) is 3. The van der Waals surface area contributed by atoms with Gasteiger partial charge in [0, 0.05) is 23.8 Å². The molecule has 0 bridgehead atoms. The first kappa shape index (κ1) is 22.5. The highest BCUT2D eigenvalue weighted by Gasteiger charge is 2.15. The van der Waals surface area contributed by atoms with Crippen LogP contribution in [0.4, 0.5) is 10.5 Å². The molecule has 2 amide bonds. The first-order chi connectivity index (χ1) is 15.0. The number of benzene rings is 3. The Morgan fingerprint density at radius 2 is 1.65 bits per heavy atom. The fourth-order valence-electron chi connectivity index (χ4n) is 3.29. The number of nitrogens with zero attached hydrogens (tertiary/aromatic N) is 1. The Bertz CT molecular complexity index is 1020. The van der Waals surface area contributed by atoms with E-state index in [2.05, 4.69) is 5.32 Å². The highest BCUT2D eigenvalue weighted by Crippen LogP contribution is 2.28. The Morgan fingerprint density at radius 1 is 0.935 bits per heavy atom. The predicted molar refractivity (Wildman–Crippen MR) is 125 cm³/mol. The molecule has 0 saturated carbocycles. The normalized spacial score (nSPS) is 10.5. The number of carbonyl (C=O) groups is 1. The molecular formula is C25H27ClN2O3. The van der Waals surface area contributed by atoms with Crippen LogP contribution in [0, 0.1) is 6.92 Å². The Morgan fingerprint density at radius 3 is 2.32 bits per heavy atom. The molecule has 0 aromatic heterocycles. The topological polar surface area (TPSA) is 50.8 Å². The van der Waals surface area contributed by atoms with Gasteiger partial charge < -0.3 is 19.7 Å². The van der Waals surface area contributed by atoms with Gasteiger partial charge in [-0.05, 0) is 66.4 Å². The summed E-state index contributed by atoms with van der Waals surface area (Å²) in [5, 5.41) is 3.68. The van der Waals surface area contributed by atoms with Crippen molar-refractivity contribution in [3.8, 4) is 11.5 Å². The summed E-state index contributed by atoms with van der Waals surface area (Å²) in [4.78, 5) is 14.9. The molecule has 3 rings (SSSR count). The number of nitrogens with one attached hydrogen (secondary N) is 1. The van der Waals surface area contributed by atoms with Gasteiger partial charge in [0.15, 0.2) is 11.5 Å². The Labute approximate surface area is 188 Å². The third kappa shape index (κ3) is 6.40. The summed E-state index contributed by atoms with van der Waals surface area (Å²) in [5.74, 6) is 1.36. The minimum atomic E-state index is -0.152. The molecule has 1 N–H and O–H groups in total. The molecule has 0 heterocycles. The SMILES string of the molecule is COc1ccc(CCN(Cc2ccc(Cl)cc2)C(=O)Nc2cccc(C)c2)cc1OC. The van der Waals surface area contributed by atoms with Gasteiger partial charge >= 0.3 is 6.03 Å². The van der Waals surface area contributed by atoms with Gasteiger partial charge in [-0.25, -0.2) is 4.79 Å². The summed E-state index contributed by atoms with van der Waals surface area (Å²) in [6.07, 6.45) is 0.676. The van der Waals surface area contributed by atoms with Crippen molar-refractivity contribution in [3.63, 3.8) is 0 Å². The van der Waals surface area contributed by atoms with Crippen molar-refractivity contribution < 1.29 is 14.3 Å². The molecule has 0 fully saturated rings. The van der Waals surface area contributed by atoms with Crippen LogP contribution in [-0.2, 0) is 13.0 Å². The maximum atomic E-state index is 13.1. The van der Waals surface area contributed by atoms with Crippen molar-refractivity contribution in [2.75, 3.05) is 26.1 Å². The van der Waals surface area contributed by atoms with Gasteiger partial charge in [-0.3, -0.25) is 0 Å². The lowest BCUT2D eigenvalue weighted by Crippen LogP contribution is -2.36. The molecule has 0 aliphatic rings. The predicted octanol–water partition coefficient (Wildman–Crippen LogP) is 5.94. The maximum Gasteiger partial charge on any atom is 0.322 e. The number of ether oxygens (including phenoxy) is 2. The first-order valence-electron chi connectivity index (χ1n) is 10.1. The molecule has 0 radical (unpaired) electrons. The Balaban J connectivity index is 1.76. The van der Waals surface area contributed by atoms with E-state index in [4.69, 9.17) is 21.1 Å². The molecule has 0 unspecified atom stereocenters. The van der Waals surface area contributed by atoms with Gasteiger partial charge in [0.05, 0.1) is 14.2 Å². The van der Waals surface area contributed by atoms with Crippen molar-refractivity contribution in [1.82, 2.24) is 4.90 Å². The summed E-state index contributed by atoms with van der Waals surface area (Å²) in [6.45, 7) is 3.01. The van der Waals surface area contributed by atoms with Crippen LogP contribution in [0.3, 0.4) is 0 Å². The van der Waals surface area contributed by atoms with Gasteiger partial charge in [-0.2, -0.15) is 0 Å². The van der Waals surface area contributed by atoms with Gasteiger partial charge in [0.2, 0.25) is 0 Å². The van der Waals surface area contributed by atoms with E-state index in [1.54, 1.807) is 19.1 Å². The van der Waals surface area contributed by atoms with Crippen molar-refractivity contribution in [3.05, 3.63) is 88.4 Å². The monoisotopic (exact) mass is 438 g/mol. The highest BCUT2D eigenvalue weighted by atomic mass is 35.5. The number of carbonyl (C=O) groups excluding carboxylic acids is 1. The van der Waals surface area contributed by atoms with E-state index in [0.29, 0.717) is 36.0 Å². The van der Waals surface area contributed by atoms with Gasteiger partial charge in [-0.1, -0.05) is 41.9 Å². The fraction of sp³-hybridized carbons (Fsp3) is 0.240. The summed E-state index contributed by atoms with van der Waals surface area (Å²) in [6, 6.07) is 21.0. The molecule has 162 valence electrons. The average Bonchev–Trinajstić information content (AvgIpc) is 2.77. The lowest BCUT2D eigenvalue weighted by molar-refractivity contribution is 0.210. The van der Waals surface area contributed by atoms with Crippen LogP contribution in [0.5, 0.6) is 11.5 Å². The van der Waals surface area contributed by atoms with Gasteiger partial charge in [0.1, 0.15) is 0 Å². The van der Waals surface area contributed by atoms with Crippen LogP contribution in [0.2, 0.25) is 5.02 Å². The number of aryl methyl sites for hydroxylation is 1. The number of halogens is 1. The molecule has 3 aromatic carbocycles. The van der Waals surface area contributed by atoms with E-state index in [1.165, 1.54) is 0 Å². The van der Waals surface area contributed by atoms with Crippen LogP contribution in [0.25, 0.3) is 0 Å². The van der Waals surface area contributed by atoms with Crippen LogP contribution < -0.4 is 14.8 Å². The summed E-state index contributed by atoms with van der Waals surface area (Å²) in [7, 11) is 3.23. The summed E-state index contributed by atoms with van der Waals surface area (Å²) < 4.78 is 10.7. The van der Waals surface area contributed by atoms with E-state index in [9.17, 15) is 4.79 Å². The largest absolute Gasteiger partial charge is 0.493 e. The number of methoxy groups -OCH3 is 2. The highest BCUT2D eigenvalue weighted by molar-refractivity contribution is 6.30. The first-order valence-corrected chi connectivity index (χ1v) is 10.4. The second kappa shape index (κ2) is 10.7. The molecule has 31 heavy (non-hydrogen) atoms. The Hall–Kier alpha value is -3.18. The molecule has 0 saturated heterocycles. The van der Waals surface area contributed by atoms with Crippen molar-refractivity contribution in [2.45, 2.75) is 19.9 Å². The minimum absolute atomic E-state index is 0.152. The third-order valence-corrected chi connectivity index (χ3v) is 5.21. The zero-order valence-electron chi connectivity index (χ0n) is 18.0. The average molecular weight is 439 g/mol. The van der Waals surface area contributed by atoms with E-state index in [1.807, 2.05) is 73.7 Å². The fourth-order valence-corrected chi connectivity index (χ4v) is 3.41. The lowest BCUT2D eigenvalue weighted by atomic mass is 10.1. The number of amides is 2. The second-order valence-electron chi connectivity index (χ2n) is 7.29. The number of urea groups is 1. The maximum absolute atomic E-state index is 13.1.